The van der Waals surface area contributed by atoms with Gasteiger partial charge < -0.3 is 11.1 Å². The molecule has 1 aromatic rings. The molecule has 1 amide bonds. The van der Waals surface area contributed by atoms with Crippen molar-refractivity contribution in [2.45, 2.75) is 29.8 Å². The van der Waals surface area contributed by atoms with Crippen LogP contribution in [0.4, 0.5) is 4.39 Å². The van der Waals surface area contributed by atoms with Crippen molar-refractivity contribution in [2.24, 2.45) is 5.73 Å². The van der Waals surface area contributed by atoms with Crippen molar-refractivity contribution in [1.82, 2.24) is 5.32 Å². The molecule has 1 aliphatic heterocycles. The van der Waals surface area contributed by atoms with E-state index in [4.69, 9.17) is 5.73 Å². The molecule has 3 nitrogen and oxygen atoms in total. The Labute approximate surface area is 127 Å². The van der Waals surface area contributed by atoms with Gasteiger partial charge in [0, 0.05) is 10.6 Å². The molecule has 110 valence electrons. The number of amides is 1. The molecule has 2 rings (SSSR count). The number of thioether (sulfide) groups is 2. The molecule has 0 saturated carbocycles. The fraction of sp³-hybridized carbons (Fsp3) is 0.500. The van der Waals surface area contributed by atoms with Gasteiger partial charge in [-0.1, -0.05) is 0 Å². The van der Waals surface area contributed by atoms with Crippen molar-refractivity contribution in [2.75, 3.05) is 17.8 Å². The summed E-state index contributed by atoms with van der Waals surface area (Å²) in [6, 6.07) is 4.13. The number of carbonyl (C=O) groups excluding carboxylic acids is 1. The number of nitrogens with one attached hydrogen (secondary N) is 1. The molecule has 0 fully saturated rings. The molecule has 1 aliphatic rings. The van der Waals surface area contributed by atoms with E-state index in [1.165, 1.54) is 12.1 Å². The predicted octanol–water partition coefficient (Wildman–Crippen LogP) is 2.56. The third kappa shape index (κ3) is 3.90. The molecule has 1 unspecified atom stereocenters. The van der Waals surface area contributed by atoms with Crippen molar-refractivity contribution in [3.63, 3.8) is 0 Å². The lowest BCUT2D eigenvalue weighted by Crippen LogP contribution is -2.43. The van der Waals surface area contributed by atoms with Crippen LogP contribution in [-0.2, 0) is 4.79 Å². The van der Waals surface area contributed by atoms with Gasteiger partial charge in [-0.25, -0.2) is 4.39 Å². The summed E-state index contributed by atoms with van der Waals surface area (Å²) in [6.07, 6.45) is 3.45. The first-order valence-electron chi connectivity index (χ1n) is 6.59. The molecule has 0 spiro atoms. The summed E-state index contributed by atoms with van der Waals surface area (Å²) in [6.45, 7) is 0. The van der Waals surface area contributed by atoms with E-state index in [-0.39, 0.29) is 17.8 Å². The van der Waals surface area contributed by atoms with Crippen LogP contribution in [0, 0.1) is 5.82 Å². The highest BCUT2D eigenvalue weighted by Gasteiger charge is 2.24. The van der Waals surface area contributed by atoms with Gasteiger partial charge in [0.25, 0.3) is 0 Å². The first kappa shape index (κ1) is 15.7. The lowest BCUT2D eigenvalue weighted by molar-refractivity contribution is -0.123. The first-order chi connectivity index (χ1) is 9.61. The number of halogens is 1. The number of hydrogen-bond acceptors (Lipinski definition) is 4. The smallest absolute Gasteiger partial charge is 0.237 e. The summed E-state index contributed by atoms with van der Waals surface area (Å²) in [5, 5.41) is 2.96. The maximum atomic E-state index is 13.4. The predicted molar refractivity (Wildman–Crippen MR) is 83.6 cm³/mol. The fourth-order valence-electron chi connectivity index (χ4n) is 2.17. The summed E-state index contributed by atoms with van der Waals surface area (Å²) in [5.74, 6) is 1.37. The Hall–Kier alpha value is -0.720. The van der Waals surface area contributed by atoms with Gasteiger partial charge in [0.05, 0.1) is 12.1 Å². The van der Waals surface area contributed by atoms with Crippen LogP contribution >= 0.6 is 23.5 Å². The highest BCUT2D eigenvalue weighted by atomic mass is 32.2. The maximum absolute atomic E-state index is 13.4. The van der Waals surface area contributed by atoms with E-state index < -0.39 is 6.04 Å². The van der Waals surface area contributed by atoms with E-state index in [0.29, 0.717) is 6.42 Å². The van der Waals surface area contributed by atoms with E-state index in [1.807, 2.05) is 6.26 Å². The Balaban J connectivity index is 2.04. The third-order valence-corrected chi connectivity index (χ3v) is 5.06. The zero-order chi connectivity index (χ0) is 14.5. The Bertz CT molecular complexity index is 484. The Morgan fingerprint density at radius 3 is 3.20 bits per heavy atom. The standard InChI is InChI=1S/C14H19FN2OS2/c1-19-6-4-11(16)14(18)17-12-5-7-20-13-3-2-9(15)8-10(12)13/h2-3,8,11-12H,4-7,16H2,1H3,(H,17,18)/t11-,12?/m1/s1. The van der Waals surface area contributed by atoms with Crippen LogP contribution in [0.1, 0.15) is 24.4 Å². The number of rotatable bonds is 5. The van der Waals surface area contributed by atoms with Crippen LogP contribution in [-0.4, -0.2) is 29.7 Å². The summed E-state index contributed by atoms with van der Waals surface area (Å²) in [7, 11) is 0. The molecule has 0 saturated heterocycles. The van der Waals surface area contributed by atoms with Crippen molar-refractivity contribution in [3.05, 3.63) is 29.6 Å². The molecule has 1 aromatic carbocycles. The van der Waals surface area contributed by atoms with E-state index in [9.17, 15) is 9.18 Å². The average Bonchev–Trinajstić information content (AvgIpc) is 2.45. The molecule has 6 heteroatoms. The molecular formula is C14H19FN2OS2. The summed E-state index contributed by atoms with van der Waals surface area (Å²) >= 11 is 3.37. The summed E-state index contributed by atoms with van der Waals surface area (Å²) < 4.78 is 13.4. The highest BCUT2D eigenvalue weighted by Crippen LogP contribution is 2.36. The topological polar surface area (TPSA) is 55.1 Å². The number of fused-ring (bicyclic) bond motifs is 1. The number of benzene rings is 1. The number of nitrogens with two attached hydrogens (primary N) is 1. The monoisotopic (exact) mass is 314 g/mol. The third-order valence-electron chi connectivity index (χ3n) is 3.30. The van der Waals surface area contributed by atoms with Crippen LogP contribution in [0.2, 0.25) is 0 Å². The van der Waals surface area contributed by atoms with Gasteiger partial charge in [-0.05, 0) is 48.6 Å². The van der Waals surface area contributed by atoms with Crippen LogP contribution in [0.5, 0.6) is 0 Å². The lowest BCUT2D eigenvalue weighted by Gasteiger charge is -2.27. The van der Waals surface area contributed by atoms with Crippen molar-refractivity contribution >= 4 is 29.4 Å². The molecule has 2 atom stereocenters. The van der Waals surface area contributed by atoms with Gasteiger partial charge >= 0.3 is 0 Å². The summed E-state index contributed by atoms with van der Waals surface area (Å²) in [4.78, 5) is 13.1. The Morgan fingerprint density at radius 2 is 2.45 bits per heavy atom. The highest BCUT2D eigenvalue weighted by molar-refractivity contribution is 7.99. The van der Waals surface area contributed by atoms with Gasteiger partial charge in [-0.15, -0.1) is 11.8 Å². The average molecular weight is 314 g/mol. The van der Waals surface area contributed by atoms with Crippen LogP contribution in [0.15, 0.2) is 23.1 Å². The van der Waals surface area contributed by atoms with Crippen molar-refractivity contribution in [1.29, 1.82) is 0 Å². The molecule has 0 aliphatic carbocycles. The lowest BCUT2D eigenvalue weighted by atomic mass is 10.0. The van der Waals surface area contributed by atoms with Gasteiger partial charge in [-0.3, -0.25) is 4.79 Å². The Kier molecular flexibility index (Phi) is 5.74. The first-order valence-corrected chi connectivity index (χ1v) is 8.97. The second kappa shape index (κ2) is 7.33. The van der Waals surface area contributed by atoms with Gasteiger partial charge in [0.15, 0.2) is 0 Å². The molecule has 0 radical (unpaired) electrons. The van der Waals surface area contributed by atoms with E-state index in [0.717, 1.165) is 28.4 Å². The molecule has 0 bridgehead atoms. The minimum Gasteiger partial charge on any atom is -0.348 e. The molecule has 20 heavy (non-hydrogen) atoms. The molecule has 1 heterocycles. The molecule has 0 aromatic heterocycles. The second-order valence-electron chi connectivity index (χ2n) is 4.77. The van der Waals surface area contributed by atoms with Crippen LogP contribution < -0.4 is 11.1 Å². The molecule has 3 N–H and O–H groups in total. The fourth-order valence-corrected chi connectivity index (χ4v) is 3.77. The van der Waals surface area contributed by atoms with E-state index in [1.54, 1.807) is 29.6 Å². The minimum atomic E-state index is -0.492. The van der Waals surface area contributed by atoms with Crippen LogP contribution in [0.3, 0.4) is 0 Å². The van der Waals surface area contributed by atoms with Gasteiger partial charge in [-0.2, -0.15) is 11.8 Å². The SMILES string of the molecule is CSCC[C@@H](N)C(=O)NC1CCSc2ccc(F)cc21. The van der Waals surface area contributed by atoms with Crippen molar-refractivity contribution < 1.29 is 9.18 Å². The van der Waals surface area contributed by atoms with Gasteiger partial charge in [0.1, 0.15) is 5.82 Å². The van der Waals surface area contributed by atoms with Crippen molar-refractivity contribution in [3.8, 4) is 0 Å². The zero-order valence-corrected chi connectivity index (χ0v) is 13.0. The van der Waals surface area contributed by atoms with E-state index >= 15 is 0 Å². The Morgan fingerprint density at radius 1 is 1.65 bits per heavy atom. The van der Waals surface area contributed by atoms with E-state index in [2.05, 4.69) is 5.32 Å². The number of carbonyl (C=O) groups is 1. The summed E-state index contributed by atoms with van der Waals surface area (Å²) in [5.41, 5.74) is 6.73. The normalized spacial score (nSPS) is 19.2. The maximum Gasteiger partial charge on any atom is 0.237 e. The largest absolute Gasteiger partial charge is 0.348 e. The van der Waals surface area contributed by atoms with Crippen LogP contribution in [0.25, 0.3) is 0 Å². The van der Waals surface area contributed by atoms with Gasteiger partial charge in [0.2, 0.25) is 5.91 Å². The second-order valence-corrected chi connectivity index (χ2v) is 6.89. The number of hydrogen-bond donors (Lipinski definition) is 2. The minimum absolute atomic E-state index is 0.130. The zero-order valence-electron chi connectivity index (χ0n) is 11.4. The molecular weight excluding hydrogens is 295 g/mol. The quantitative estimate of drug-likeness (QED) is 0.877.